The van der Waals surface area contributed by atoms with E-state index in [1.807, 2.05) is 25.9 Å². The van der Waals surface area contributed by atoms with Crippen LogP contribution >= 0.6 is 0 Å². The fourth-order valence-corrected chi connectivity index (χ4v) is 1.39. The summed E-state index contributed by atoms with van der Waals surface area (Å²) < 4.78 is 0. The second-order valence-corrected chi connectivity index (χ2v) is 3.49. The second kappa shape index (κ2) is 4.23. The molecular formula is C9H15N3O2. The lowest BCUT2D eigenvalue weighted by Gasteiger charge is -2.21. The number of hydrogen-bond acceptors (Lipinski definition) is 3. The molecule has 0 bridgehead atoms. The normalized spacial score (nSPS) is 13.1. The minimum absolute atomic E-state index is 0.0681. The molecule has 1 atom stereocenters. The summed E-state index contributed by atoms with van der Waals surface area (Å²) >= 11 is 0. The van der Waals surface area contributed by atoms with E-state index >= 15 is 0 Å². The maximum Gasteiger partial charge on any atom is 0.305 e. The van der Waals surface area contributed by atoms with Gasteiger partial charge in [-0.3, -0.25) is 4.79 Å². The van der Waals surface area contributed by atoms with Crippen LogP contribution in [0.15, 0.2) is 6.33 Å². The summed E-state index contributed by atoms with van der Waals surface area (Å²) in [6, 6.07) is -0.168. The number of imidazole rings is 1. The number of aromatic nitrogens is 2. The van der Waals surface area contributed by atoms with E-state index in [2.05, 4.69) is 9.97 Å². The number of aromatic amines is 1. The first kappa shape index (κ1) is 10.7. The molecule has 1 rings (SSSR count). The van der Waals surface area contributed by atoms with Crippen molar-refractivity contribution in [3.8, 4) is 0 Å². The molecule has 0 aliphatic rings. The zero-order chi connectivity index (χ0) is 10.7. The molecule has 1 aromatic heterocycles. The quantitative estimate of drug-likeness (QED) is 0.749. The number of rotatable bonds is 4. The topological polar surface area (TPSA) is 69.2 Å². The van der Waals surface area contributed by atoms with Crippen LogP contribution in [0, 0.1) is 6.92 Å². The zero-order valence-corrected chi connectivity index (χ0v) is 8.61. The van der Waals surface area contributed by atoms with Crippen LogP contribution < -0.4 is 0 Å². The third-order valence-corrected chi connectivity index (χ3v) is 2.18. The second-order valence-electron chi connectivity index (χ2n) is 3.49. The molecular weight excluding hydrogens is 182 g/mol. The lowest BCUT2D eigenvalue weighted by Crippen LogP contribution is -2.23. The Morgan fingerprint density at radius 2 is 2.36 bits per heavy atom. The van der Waals surface area contributed by atoms with Gasteiger partial charge in [0.15, 0.2) is 0 Å². The number of carbonyl (C=O) groups is 1. The van der Waals surface area contributed by atoms with E-state index in [0.29, 0.717) is 0 Å². The van der Waals surface area contributed by atoms with E-state index in [1.165, 1.54) is 0 Å². The monoisotopic (exact) mass is 197 g/mol. The number of hydrogen-bond donors (Lipinski definition) is 2. The van der Waals surface area contributed by atoms with Crippen molar-refractivity contribution in [2.45, 2.75) is 19.4 Å². The van der Waals surface area contributed by atoms with Gasteiger partial charge in [0.2, 0.25) is 0 Å². The number of nitrogens with one attached hydrogen (secondary N) is 1. The van der Waals surface area contributed by atoms with Gasteiger partial charge in [-0.1, -0.05) is 0 Å². The Labute approximate surface area is 82.8 Å². The van der Waals surface area contributed by atoms with Gasteiger partial charge >= 0.3 is 5.97 Å². The van der Waals surface area contributed by atoms with Crippen LogP contribution in [-0.2, 0) is 4.79 Å². The number of nitrogens with zero attached hydrogens (tertiary/aromatic N) is 2. The van der Waals surface area contributed by atoms with E-state index in [4.69, 9.17) is 5.11 Å². The molecule has 0 saturated heterocycles. The molecule has 14 heavy (non-hydrogen) atoms. The molecule has 5 heteroatoms. The average molecular weight is 197 g/mol. The highest BCUT2D eigenvalue weighted by Gasteiger charge is 2.21. The zero-order valence-electron chi connectivity index (χ0n) is 8.61. The fourth-order valence-electron chi connectivity index (χ4n) is 1.39. The van der Waals surface area contributed by atoms with E-state index in [9.17, 15) is 4.79 Å². The minimum atomic E-state index is -0.814. The third kappa shape index (κ3) is 2.32. The van der Waals surface area contributed by atoms with Crippen molar-refractivity contribution < 1.29 is 9.90 Å². The predicted molar refractivity (Wildman–Crippen MR) is 52.0 cm³/mol. The van der Waals surface area contributed by atoms with Crippen molar-refractivity contribution in [1.29, 1.82) is 0 Å². The molecule has 0 fully saturated rings. The maximum atomic E-state index is 10.7. The Hall–Kier alpha value is -1.36. The highest BCUT2D eigenvalue weighted by atomic mass is 16.4. The minimum Gasteiger partial charge on any atom is -0.481 e. The molecule has 0 amide bonds. The van der Waals surface area contributed by atoms with Crippen LogP contribution in [0.1, 0.15) is 23.9 Å². The van der Waals surface area contributed by atoms with Crippen molar-refractivity contribution in [3.63, 3.8) is 0 Å². The Bertz CT molecular complexity index is 320. The van der Waals surface area contributed by atoms with Crippen LogP contribution in [0.3, 0.4) is 0 Å². The van der Waals surface area contributed by atoms with Gasteiger partial charge in [0.25, 0.3) is 0 Å². The number of H-pyrrole nitrogens is 1. The van der Waals surface area contributed by atoms with Crippen LogP contribution in [-0.4, -0.2) is 40.0 Å². The Morgan fingerprint density at radius 3 is 2.71 bits per heavy atom. The van der Waals surface area contributed by atoms with Crippen LogP contribution in [0.2, 0.25) is 0 Å². The van der Waals surface area contributed by atoms with Gasteiger partial charge in [0.1, 0.15) is 0 Å². The highest BCUT2D eigenvalue weighted by molar-refractivity contribution is 5.67. The SMILES string of the molecule is Cc1[nH]cnc1C(CC(=O)O)N(C)C. The van der Waals surface area contributed by atoms with Gasteiger partial charge in [-0.15, -0.1) is 0 Å². The molecule has 0 aromatic carbocycles. The third-order valence-electron chi connectivity index (χ3n) is 2.18. The Balaban J connectivity index is 2.88. The van der Waals surface area contributed by atoms with Crippen molar-refractivity contribution in [3.05, 3.63) is 17.7 Å². The first-order valence-corrected chi connectivity index (χ1v) is 4.40. The molecule has 2 N–H and O–H groups in total. The van der Waals surface area contributed by atoms with Gasteiger partial charge in [-0.25, -0.2) is 4.98 Å². The average Bonchev–Trinajstić information content (AvgIpc) is 2.46. The molecule has 5 nitrogen and oxygen atoms in total. The van der Waals surface area contributed by atoms with Crippen molar-refractivity contribution in [2.24, 2.45) is 0 Å². The molecule has 0 aliphatic heterocycles. The van der Waals surface area contributed by atoms with Gasteiger partial charge in [-0.2, -0.15) is 0 Å². The highest BCUT2D eigenvalue weighted by Crippen LogP contribution is 2.21. The summed E-state index contributed by atoms with van der Waals surface area (Å²) in [5.41, 5.74) is 1.72. The molecule has 1 aromatic rings. The van der Waals surface area contributed by atoms with E-state index in [0.717, 1.165) is 11.4 Å². The standard InChI is InChI=1S/C9H15N3O2/c1-6-9(11-5-10-6)7(12(2)3)4-8(13)14/h5,7H,4H2,1-3H3,(H,10,11)(H,13,14). The van der Waals surface area contributed by atoms with Crippen molar-refractivity contribution in [2.75, 3.05) is 14.1 Å². The lowest BCUT2D eigenvalue weighted by molar-refractivity contribution is -0.138. The van der Waals surface area contributed by atoms with E-state index < -0.39 is 5.97 Å². The van der Waals surface area contributed by atoms with Crippen LogP contribution in [0.4, 0.5) is 0 Å². The number of carboxylic acids is 1. The summed E-state index contributed by atoms with van der Waals surface area (Å²) in [6.07, 6.45) is 1.65. The van der Waals surface area contributed by atoms with Gasteiger partial charge in [0.05, 0.1) is 24.5 Å². The largest absolute Gasteiger partial charge is 0.481 e. The molecule has 1 heterocycles. The summed E-state index contributed by atoms with van der Waals surface area (Å²) in [5, 5.41) is 8.76. The number of aryl methyl sites for hydroxylation is 1. The lowest BCUT2D eigenvalue weighted by atomic mass is 10.1. The summed E-state index contributed by atoms with van der Waals surface area (Å²) in [7, 11) is 3.70. The molecule has 78 valence electrons. The van der Waals surface area contributed by atoms with Gasteiger partial charge in [0, 0.05) is 5.69 Å². The first-order chi connectivity index (χ1) is 6.52. The smallest absolute Gasteiger partial charge is 0.305 e. The fraction of sp³-hybridized carbons (Fsp3) is 0.556. The number of aliphatic carboxylic acids is 1. The first-order valence-electron chi connectivity index (χ1n) is 4.40. The molecule has 0 saturated carbocycles. The van der Waals surface area contributed by atoms with Gasteiger partial charge in [-0.05, 0) is 21.0 Å². The van der Waals surface area contributed by atoms with Crippen LogP contribution in [0.25, 0.3) is 0 Å². The summed E-state index contributed by atoms with van der Waals surface area (Å²) in [4.78, 5) is 19.6. The predicted octanol–water partition coefficient (Wildman–Crippen LogP) is 0.796. The molecule has 1 unspecified atom stereocenters. The molecule has 0 radical (unpaired) electrons. The van der Waals surface area contributed by atoms with E-state index in [1.54, 1.807) is 6.33 Å². The Morgan fingerprint density at radius 1 is 1.71 bits per heavy atom. The van der Waals surface area contributed by atoms with Crippen molar-refractivity contribution in [1.82, 2.24) is 14.9 Å². The molecule has 0 spiro atoms. The Kier molecular flexibility index (Phi) is 3.24. The van der Waals surface area contributed by atoms with E-state index in [-0.39, 0.29) is 12.5 Å². The van der Waals surface area contributed by atoms with Crippen LogP contribution in [0.5, 0.6) is 0 Å². The molecule has 0 aliphatic carbocycles. The maximum absolute atomic E-state index is 10.7. The summed E-state index contributed by atoms with van der Waals surface area (Å²) in [6.45, 7) is 1.89. The van der Waals surface area contributed by atoms with Gasteiger partial charge < -0.3 is 15.0 Å². The number of carboxylic acid groups (broad SMARTS) is 1. The van der Waals surface area contributed by atoms with Crippen molar-refractivity contribution >= 4 is 5.97 Å². The summed E-state index contributed by atoms with van der Waals surface area (Å²) in [5.74, 6) is -0.814.